The Morgan fingerprint density at radius 3 is 3.00 bits per heavy atom. The van der Waals surface area contributed by atoms with Crippen LogP contribution in [0.2, 0.25) is 0 Å². The number of nitrogens with one attached hydrogen (secondary N) is 2. The molecular weight excluding hydrogens is 244 g/mol. The zero-order chi connectivity index (χ0) is 13.7. The van der Waals surface area contributed by atoms with Gasteiger partial charge < -0.3 is 5.32 Å². The predicted molar refractivity (Wildman–Crippen MR) is 69.7 cm³/mol. The van der Waals surface area contributed by atoms with Gasteiger partial charge in [0, 0.05) is 25.2 Å². The van der Waals surface area contributed by atoms with E-state index in [1.807, 2.05) is 11.6 Å². The van der Waals surface area contributed by atoms with E-state index in [0.29, 0.717) is 18.5 Å². The molecule has 2 heterocycles. The fraction of sp³-hybridized carbons (Fsp3) is 0.500. The Labute approximate surface area is 111 Å². The van der Waals surface area contributed by atoms with Crippen LogP contribution in [0.4, 0.5) is 0 Å². The molecule has 0 aliphatic carbocycles. The van der Waals surface area contributed by atoms with E-state index in [2.05, 4.69) is 32.7 Å². The van der Waals surface area contributed by atoms with Gasteiger partial charge in [-0.1, -0.05) is 6.92 Å². The zero-order valence-corrected chi connectivity index (χ0v) is 11.2. The molecule has 0 aromatic carbocycles. The molecule has 7 heteroatoms. The van der Waals surface area contributed by atoms with E-state index in [1.54, 1.807) is 12.4 Å². The molecule has 0 aliphatic rings. The first-order valence-electron chi connectivity index (χ1n) is 6.37. The van der Waals surface area contributed by atoms with Crippen LogP contribution in [0.5, 0.6) is 0 Å². The number of carbonyl (C=O) groups excluding carboxylic acids is 1. The number of rotatable bonds is 6. The molecule has 0 spiro atoms. The van der Waals surface area contributed by atoms with Crippen molar-refractivity contribution in [2.24, 2.45) is 0 Å². The van der Waals surface area contributed by atoms with Crippen molar-refractivity contribution in [3.63, 3.8) is 0 Å². The second-order valence-corrected chi connectivity index (χ2v) is 4.33. The first-order valence-corrected chi connectivity index (χ1v) is 6.37. The van der Waals surface area contributed by atoms with Crippen molar-refractivity contribution in [1.82, 2.24) is 30.5 Å². The van der Waals surface area contributed by atoms with Gasteiger partial charge >= 0.3 is 0 Å². The Balaban J connectivity index is 1.89. The van der Waals surface area contributed by atoms with Crippen LogP contribution in [-0.2, 0) is 13.0 Å². The predicted octanol–water partition coefficient (Wildman–Crippen LogP) is 0.692. The van der Waals surface area contributed by atoms with Crippen molar-refractivity contribution in [2.45, 2.75) is 33.2 Å². The van der Waals surface area contributed by atoms with Crippen molar-refractivity contribution in [3.8, 4) is 0 Å². The number of H-pyrrole nitrogens is 1. The Kier molecular flexibility index (Phi) is 4.27. The van der Waals surface area contributed by atoms with E-state index in [0.717, 1.165) is 24.4 Å². The molecule has 2 aromatic heterocycles. The number of hydrogen-bond donors (Lipinski definition) is 2. The van der Waals surface area contributed by atoms with Crippen LogP contribution < -0.4 is 5.32 Å². The zero-order valence-electron chi connectivity index (χ0n) is 11.2. The van der Waals surface area contributed by atoms with Crippen LogP contribution in [0.1, 0.15) is 35.1 Å². The highest BCUT2D eigenvalue weighted by atomic mass is 16.1. The number of carbonyl (C=O) groups is 1. The highest BCUT2D eigenvalue weighted by Gasteiger charge is 2.13. The summed E-state index contributed by atoms with van der Waals surface area (Å²) in [5.74, 6) is -0.0941. The minimum Gasteiger partial charge on any atom is -0.352 e. The largest absolute Gasteiger partial charge is 0.352 e. The van der Waals surface area contributed by atoms with Crippen molar-refractivity contribution in [3.05, 3.63) is 29.3 Å². The lowest BCUT2D eigenvalue weighted by atomic mass is 10.2. The molecule has 0 unspecified atom stereocenters. The van der Waals surface area contributed by atoms with Crippen LogP contribution >= 0.6 is 0 Å². The molecule has 0 aliphatic heterocycles. The summed E-state index contributed by atoms with van der Waals surface area (Å²) in [7, 11) is 0. The summed E-state index contributed by atoms with van der Waals surface area (Å²) in [5.41, 5.74) is 2.37. The summed E-state index contributed by atoms with van der Waals surface area (Å²) in [4.78, 5) is 12.0. The van der Waals surface area contributed by atoms with Gasteiger partial charge in [0.2, 0.25) is 0 Å². The van der Waals surface area contributed by atoms with E-state index >= 15 is 0 Å². The molecular formula is C12H18N6O. The van der Waals surface area contributed by atoms with Gasteiger partial charge in [0.15, 0.2) is 0 Å². The summed E-state index contributed by atoms with van der Waals surface area (Å²) >= 11 is 0. The molecule has 0 radical (unpaired) electrons. The molecule has 0 saturated heterocycles. The molecule has 2 rings (SSSR count). The van der Waals surface area contributed by atoms with E-state index in [1.165, 1.54) is 0 Å². The molecule has 0 atom stereocenters. The fourth-order valence-electron chi connectivity index (χ4n) is 1.85. The van der Waals surface area contributed by atoms with Crippen molar-refractivity contribution in [1.29, 1.82) is 0 Å². The van der Waals surface area contributed by atoms with Crippen molar-refractivity contribution in [2.75, 3.05) is 6.54 Å². The lowest BCUT2D eigenvalue weighted by Crippen LogP contribution is -2.26. The second-order valence-electron chi connectivity index (χ2n) is 4.33. The number of aromatic nitrogens is 5. The smallest absolute Gasteiger partial charge is 0.254 e. The van der Waals surface area contributed by atoms with Crippen LogP contribution in [0.25, 0.3) is 0 Å². The topological polar surface area (TPSA) is 88.5 Å². The average molecular weight is 262 g/mol. The lowest BCUT2D eigenvalue weighted by molar-refractivity contribution is 0.0953. The van der Waals surface area contributed by atoms with Gasteiger partial charge in [-0.05, 0) is 13.3 Å². The summed E-state index contributed by atoms with van der Waals surface area (Å²) in [6, 6.07) is 0. The third-order valence-corrected chi connectivity index (χ3v) is 2.91. The first-order chi connectivity index (χ1) is 9.22. The number of amides is 1. The normalized spacial score (nSPS) is 10.6. The fourth-order valence-corrected chi connectivity index (χ4v) is 1.85. The highest BCUT2D eigenvalue weighted by molar-refractivity contribution is 5.95. The minimum absolute atomic E-state index is 0.0941. The third-order valence-electron chi connectivity index (χ3n) is 2.91. The third kappa shape index (κ3) is 3.18. The van der Waals surface area contributed by atoms with Crippen LogP contribution in [-0.4, -0.2) is 37.6 Å². The number of aryl methyl sites for hydroxylation is 1. The van der Waals surface area contributed by atoms with Gasteiger partial charge in [-0.2, -0.15) is 20.5 Å². The Bertz CT molecular complexity index is 530. The van der Waals surface area contributed by atoms with Crippen LogP contribution in [0, 0.1) is 6.92 Å². The Morgan fingerprint density at radius 2 is 2.32 bits per heavy atom. The molecule has 19 heavy (non-hydrogen) atoms. The molecule has 0 bridgehead atoms. The monoisotopic (exact) mass is 262 g/mol. The minimum atomic E-state index is -0.0941. The van der Waals surface area contributed by atoms with E-state index < -0.39 is 0 Å². The van der Waals surface area contributed by atoms with Gasteiger partial charge in [-0.3, -0.25) is 9.48 Å². The molecule has 2 aromatic rings. The number of aromatic amines is 1. The van der Waals surface area contributed by atoms with Gasteiger partial charge in [0.25, 0.3) is 5.91 Å². The van der Waals surface area contributed by atoms with Crippen LogP contribution in [0.3, 0.4) is 0 Å². The maximum Gasteiger partial charge on any atom is 0.254 e. The Morgan fingerprint density at radius 1 is 1.47 bits per heavy atom. The molecule has 2 N–H and O–H groups in total. The summed E-state index contributed by atoms with van der Waals surface area (Å²) < 4.78 is 1.85. The molecule has 102 valence electrons. The Hall–Kier alpha value is -2.18. The standard InChI is InChI=1S/C12H18N6O/c1-3-6-18-9(2)11(8-15-18)12(19)13-5-4-10-7-14-17-16-10/h7-8H,3-6H2,1-2H3,(H,13,19)(H,14,16,17). The van der Waals surface area contributed by atoms with Crippen molar-refractivity contribution < 1.29 is 4.79 Å². The second kappa shape index (κ2) is 6.12. The van der Waals surface area contributed by atoms with Gasteiger partial charge in [-0.25, -0.2) is 0 Å². The molecule has 1 amide bonds. The highest BCUT2D eigenvalue weighted by Crippen LogP contribution is 2.07. The molecule has 0 fully saturated rings. The maximum atomic E-state index is 12.0. The first kappa shape index (κ1) is 13.3. The van der Waals surface area contributed by atoms with Crippen molar-refractivity contribution >= 4 is 5.91 Å². The SMILES string of the molecule is CCCn1ncc(C(=O)NCCc2cn[nH]n2)c1C. The van der Waals surface area contributed by atoms with Gasteiger partial charge in [-0.15, -0.1) is 0 Å². The average Bonchev–Trinajstić information content (AvgIpc) is 3.01. The van der Waals surface area contributed by atoms with Gasteiger partial charge in [0.1, 0.15) is 0 Å². The van der Waals surface area contributed by atoms with Crippen LogP contribution in [0.15, 0.2) is 12.4 Å². The summed E-state index contributed by atoms with van der Waals surface area (Å²) in [6.45, 7) is 5.36. The quantitative estimate of drug-likeness (QED) is 0.801. The van der Waals surface area contributed by atoms with E-state index in [9.17, 15) is 4.79 Å². The van der Waals surface area contributed by atoms with Gasteiger partial charge in [0.05, 0.1) is 23.7 Å². The number of hydrogen-bond acceptors (Lipinski definition) is 4. The maximum absolute atomic E-state index is 12.0. The molecule has 7 nitrogen and oxygen atoms in total. The van der Waals surface area contributed by atoms with E-state index in [-0.39, 0.29) is 5.91 Å². The summed E-state index contributed by atoms with van der Waals surface area (Å²) in [5, 5.41) is 17.3. The summed E-state index contributed by atoms with van der Waals surface area (Å²) in [6.07, 6.45) is 4.92. The number of nitrogens with zero attached hydrogens (tertiary/aromatic N) is 4. The molecule has 0 saturated carbocycles. The van der Waals surface area contributed by atoms with E-state index in [4.69, 9.17) is 0 Å². The lowest BCUT2D eigenvalue weighted by Gasteiger charge is -2.05.